The van der Waals surface area contributed by atoms with Crippen LogP contribution in [-0.4, -0.2) is 50.0 Å². The average Bonchev–Trinajstić information content (AvgIpc) is 3.13. The molecule has 7 nitrogen and oxygen atoms in total. The van der Waals surface area contributed by atoms with E-state index in [4.69, 9.17) is 14.0 Å². The molecule has 0 saturated carbocycles. The third kappa shape index (κ3) is 3.18. The number of rotatable bonds is 5. The highest BCUT2D eigenvalue weighted by atomic mass is 16.5. The molecule has 2 heterocycles. The molecule has 2 aromatic rings. The van der Waals surface area contributed by atoms with Gasteiger partial charge in [-0.25, -0.2) is 4.79 Å². The van der Waals surface area contributed by atoms with Gasteiger partial charge in [-0.1, -0.05) is 17.3 Å². The average molecular weight is 331 g/mol. The summed E-state index contributed by atoms with van der Waals surface area (Å²) in [4.78, 5) is 16.1. The fourth-order valence-corrected chi connectivity index (χ4v) is 3.03. The smallest absolute Gasteiger partial charge is 0.337 e. The molecule has 0 atom stereocenters. The quantitative estimate of drug-likeness (QED) is 0.836. The number of esters is 1. The number of carbonyl (C=O) groups excluding carboxylic acids is 1. The predicted molar refractivity (Wildman–Crippen MR) is 86.7 cm³/mol. The number of benzene rings is 1. The second-order valence-electron chi connectivity index (χ2n) is 5.96. The monoisotopic (exact) mass is 331 g/mol. The third-order valence-electron chi connectivity index (χ3n) is 4.43. The van der Waals surface area contributed by atoms with Gasteiger partial charge in [0.1, 0.15) is 0 Å². The fraction of sp³-hybridized carbons (Fsp3) is 0.471. The van der Waals surface area contributed by atoms with E-state index in [2.05, 4.69) is 15.5 Å². The Morgan fingerprint density at radius 3 is 2.58 bits per heavy atom. The van der Waals surface area contributed by atoms with Crippen LogP contribution in [0.1, 0.15) is 29.1 Å². The number of methoxy groups -OCH3 is 2. The maximum absolute atomic E-state index is 11.5. The molecule has 1 aliphatic rings. The van der Waals surface area contributed by atoms with Crippen molar-refractivity contribution >= 4 is 5.97 Å². The minimum absolute atomic E-state index is 0.239. The highest BCUT2D eigenvalue weighted by Gasteiger charge is 2.39. The molecule has 128 valence electrons. The van der Waals surface area contributed by atoms with E-state index in [9.17, 15) is 4.79 Å². The van der Waals surface area contributed by atoms with Gasteiger partial charge in [0.2, 0.25) is 11.7 Å². The first-order chi connectivity index (χ1) is 11.7. The number of hydrogen-bond donors (Lipinski definition) is 1. The lowest BCUT2D eigenvalue weighted by Crippen LogP contribution is -2.43. The molecule has 0 spiro atoms. The summed E-state index contributed by atoms with van der Waals surface area (Å²) in [6, 6.07) is 6.94. The number of piperidine rings is 1. The molecule has 3 rings (SSSR count). The molecule has 1 fully saturated rings. The Morgan fingerprint density at radius 1 is 1.25 bits per heavy atom. The first-order valence-electron chi connectivity index (χ1n) is 7.91. The zero-order valence-electron chi connectivity index (χ0n) is 13.9. The Balaban J connectivity index is 1.85. The molecule has 1 aromatic carbocycles. The molecule has 1 aromatic heterocycles. The van der Waals surface area contributed by atoms with Crippen molar-refractivity contribution in [1.29, 1.82) is 0 Å². The fourth-order valence-electron chi connectivity index (χ4n) is 3.03. The summed E-state index contributed by atoms with van der Waals surface area (Å²) >= 11 is 0. The maximum Gasteiger partial charge on any atom is 0.337 e. The molecule has 1 N–H and O–H groups in total. The molecule has 24 heavy (non-hydrogen) atoms. The van der Waals surface area contributed by atoms with Crippen molar-refractivity contribution in [3.8, 4) is 11.4 Å². The van der Waals surface area contributed by atoms with Gasteiger partial charge in [-0.3, -0.25) is 0 Å². The molecule has 0 amide bonds. The number of nitrogens with one attached hydrogen (secondary N) is 1. The first kappa shape index (κ1) is 16.6. The first-order valence-corrected chi connectivity index (χ1v) is 7.91. The van der Waals surface area contributed by atoms with Crippen LogP contribution in [0.15, 0.2) is 28.8 Å². The van der Waals surface area contributed by atoms with Gasteiger partial charge in [0.25, 0.3) is 0 Å². The molecule has 0 unspecified atom stereocenters. The van der Waals surface area contributed by atoms with Gasteiger partial charge < -0.3 is 19.3 Å². The van der Waals surface area contributed by atoms with Crippen molar-refractivity contribution in [2.24, 2.45) is 0 Å². The second-order valence-corrected chi connectivity index (χ2v) is 5.96. The largest absolute Gasteiger partial charge is 0.465 e. The Bertz CT molecular complexity index is 685. The summed E-state index contributed by atoms with van der Waals surface area (Å²) in [7, 11) is 3.04. The van der Waals surface area contributed by atoms with Crippen molar-refractivity contribution in [3.63, 3.8) is 0 Å². The van der Waals surface area contributed by atoms with Gasteiger partial charge in [-0.05, 0) is 38.1 Å². The van der Waals surface area contributed by atoms with Gasteiger partial charge in [0.15, 0.2) is 0 Å². The van der Waals surface area contributed by atoms with Crippen LogP contribution in [0.25, 0.3) is 11.4 Å². The summed E-state index contributed by atoms with van der Waals surface area (Å²) in [5, 5.41) is 7.44. The van der Waals surface area contributed by atoms with Crippen LogP contribution in [0.4, 0.5) is 0 Å². The van der Waals surface area contributed by atoms with Crippen LogP contribution in [0, 0.1) is 0 Å². The number of nitrogens with zero attached hydrogens (tertiary/aromatic N) is 2. The molecule has 0 aliphatic carbocycles. The van der Waals surface area contributed by atoms with E-state index in [1.807, 2.05) is 0 Å². The number of aromatic nitrogens is 2. The Kier molecular flexibility index (Phi) is 4.92. The molecular formula is C17H21N3O4. The van der Waals surface area contributed by atoms with Crippen molar-refractivity contribution in [2.45, 2.75) is 18.3 Å². The lowest BCUT2D eigenvalue weighted by Gasteiger charge is -2.33. The number of hydrogen-bond acceptors (Lipinski definition) is 7. The second kappa shape index (κ2) is 7.11. The Morgan fingerprint density at radius 2 is 1.96 bits per heavy atom. The topological polar surface area (TPSA) is 86.5 Å². The zero-order chi connectivity index (χ0) is 17.0. The third-order valence-corrected chi connectivity index (χ3v) is 4.43. The van der Waals surface area contributed by atoms with E-state index in [1.54, 1.807) is 31.4 Å². The Hall–Kier alpha value is -2.25. The SMILES string of the molecule is COCC1(c2nc(-c3ccc(C(=O)OC)cc3)no2)CCNCC1. The van der Waals surface area contributed by atoms with E-state index in [1.165, 1.54) is 7.11 Å². The van der Waals surface area contributed by atoms with Crippen molar-refractivity contribution in [2.75, 3.05) is 33.9 Å². The van der Waals surface area contributed by atoms with Crippen LogP contribution in [0.5, 0.6) is 0 Å². The van der Waals surface area contributed by atoms with Gasteiger partial charge in [-0.2, -0.15) is 4.98 Å². The molecule has 0 bridgehead atoms. The molecular weight excluding hydrogens is 310 g/mol. The van der Waals surface area contributed by atoms with Gasteiger partial charge in [-0.15, -0.1) is 0 Å². The van der Waals surface area contributed by atoms with Crippen molar-refractivity contribution in [1.82, 2.24) is 15.5 Å². The van der Waals surface area contributed by atoms with Gasteiger partial charge in [0.05, 0.1) is 24.7 Å². The summed E-state index contributed by atoms with van der Waals surface area (Å²) in [5.74, 6) is 0.748. The summed E-state index contributed by atoms with van der Waals surface area (Å²) in [6.45, 7) is 2.35. The van der Waals surface area contributed by atoms with Crippen LogP contribution < -0.4 is 5.32 Å². The highest BCUT2D eigenvalue weighted by Crippen LogP contribution is 2.33. The van der Waals surface area contributed by atoms with Crippen LogP contribution >= 0.6 is 0 Å². The highest BCUT2D eigenvalue weighted by molar-refractivity contribution is 5.89. The summed E-state index contributed by atoms with van der Waals surface area (Å²) in [5.41, 5.74) is 1.04. The maximum atomic E-state index is 11.5. The van der Waals surface area contributed by atoms with Crippen molar-refractivity contribution in [3.05, 3.63) is 35.7 Å². The van der Waals surface area contributed by atoms with Gasteiger partial charge in [0, 0.05) is 12.7 Å². The van der Waals surface area contributed by atoms with E-state index >= 15 is 0 Å². The molecule has 7 heteroatoms. The van der Waals surface area contributed by atoms with E-state index in [-0.39, 0.29) is 11.4 Å². The minimum Gasteiger partial charge on any atom is -0.465 e. The minimum atomic E-state index is -0.371. The van der Waals surface area contributed by atoms with Crippen LogP contribution in [-0.2, 0) is 14.9 Å². The van der Waals surface area contributed by atoms with Gasteiger partial charge >= 0.3 is 5.97 Å². The zero-order valence-corrected chi connectivity index (χ0v) is 13.9. The number of carbonyl (C=O) groups is 1. The predicted octanol–water partition coefficient (Wildman–Crippen LogP) is 1.79. The molecule has 1 saturated heterocycles. The standard InChI is InChI=1S/C17H21N3O4/c1-22-11-17(7-9-18-10-8-17)16-19-14(20-24-16)12-3-5-13(6-4-12)15(21)23-2/h3-6,18H,7-11H2,1-2H3. The van der Waals surface area contributed by atoms with E-state index < -0.39 is 0 Å². The lowest BCUT2D eigenvalue weighted by atomic mass is 9.79. The van der Waals surface area contributed by atoms with E-state index in [0.29, 0.717) is 23.9 Å². The Labute approximate surface area is 140 Å². The summed E-state index contributed by atoms with van der Waals surface area (Å²) < 4.78 is 15.7. The molecule has 1 aliphatic heterocycles. The number of ether oxygens (including phenoxy) is 2. The van der Waals surface area contributed by atoms with Crippen molar-refractivity contribution < 1.29 is 18.8 Å². The van der Waals surface area contributed by atoms with Crippen LogP contribution in [0.3, 0.4) is 0 Å². The van der Waals surface area contributed by atoms with Crippen LogP contribution in [0.2, 0.25) is 0 Å². The summed E-state index contributed by atoms with van der Waals surface area (Å²) in [6.07, 6.45) is 1.79. The molecule has 0 radical (unpaired) electrons. The van der Waals surface area contributed by atoms with E-state index in [0.717, 1.165) is 31.5 Å². The lowest BCUT2D eigenvalue weighted by molar-refractivity contribution is 0.0601. The normalized spacial score (nSPS) is 16.8.